The number of fused-ring (bicyclic) bond motifs is 1. The van der Waals surface area contributed by atoms with Crippen molar-refractivity contribution >= 4 is 11.5 Å². The molecule has 1 aromatic rings. The highest BCUT2D eigenvalue weighted by Gasteiger charge is 2.34. The molecule has 2 atom stereocenters. The minimum absolute atomic E-state index is 0.116. The van der Waals surface area contributed by atoms with E-state index in [4.69, 9.17) is 0 Å². The molecule has 0 aromatic carbocycles. The molecule has 0 bridgehead atoms. The first kappa shape index (κ1) is 13.6. The van der Waals surface area contributed by atoms with Gasteiger partial charge in [0.05, 0.1) is 11.9 Å². The second-order valence-electron chi connectivity index (χ2n) is 5.97. The van der Waals surface area contributed by atoms with Gasteiger partial charge in [0.1, 0.15) is 5.69 Å². The molecule has 0 spiro atoms. The molecule has 3 heterocycles. The normalized spacial score (nSPS) is 26.6. The average molecular weight is 273 g/mol. The zero-order valence-electron chi connectivity index (χ0n) is 12.4. The molecule has 0 saturated carbocycles. The van der Waals surface area contributed by atoms with Gasteiger partial charge in [-0.25, -0.2) is 0 Å². The minimum Gasteiger partial charge on any atom is -0.365 e. The van der Waals surface area contributed by atoms with Crippen molar-refractivity contribution in [3.05, 3.63) is 24.0 Å². The van der Waals surface area contributed by atoms with Gasteiger partial charge in [0.15, 0.2) is 5.78 Å². The Hall–Kier alpha value is -1.42. The molecule has 2 saturated heterocycles. The summed E-state index contributed by atoms with van der Waals surface area (Å²) >= 11 is 0. The Labute approximate surface area is 120 Å². The fourth-order valence-electron chi connectivity index (χ4n) is 3.45. The van der Waals surface area contributed by atoms with Crippen molar-refractivity contribution in [3.8, 4) is 0 Å². The topological polar surface area (TPSA) is 36.4 Å². The summed E-state index contributed by atoms with van der Waals surface area (Å²) in [5.41, 5.74) is 1.74. The third-order valence-electron chi connectivity index (χ3n) is 4.62. The molecule has 4 heteroatoms. The molecule has 1 aromatic heterocycles. The molecule has 0 N–H and O–H groups in total. The Morgan fingerprint density at radius 3 is 2.95 bits per heavy atom. The summed E-state index contributed by atoms with van der Waals surface area (Å²) in [7, 11) is 0. The standard InChI is InChI=1S/C16H23N3O/c1-3-16(20)15-7-6-13(9-17-15)19-11-14-5-4-8-18(14)10-12(19)2/h6-7,9,12,14H,3-5,8,10-11H2,1-2H3. The van der Waals surface area contributed by atoms with Crippen molar-refractivity contribution in [1.29, 1.82) is 0 Å². The lowest BCUT2D eigenvalue weighted by molar-refractivity contribution is 0.0983. The van der Waals surface area contributed by atoms with Crippen molar-refractivity contribution in [2.45, 2.75) is 45.2 Å². The van der Waals surface area contributed by atoms with Gasteiger partial charge in [-0.3, -0.25) is 14.7 Å². The van der Waals surface area contributed by atoms with Crippen LogP contribution in [-0.2, 0) is 0 Å². The Bertz CT molecular complexity index is 485. The van der Waals surface area contributed by atoms with Crippen molar-refractivity contribution in [2.24, 2.45) is 0 Å². The monoisotopic (exact) mass is 273 g/mol. The van der Waals surface area contributed by atoms with E-state index >= 15 is 0 Å². The van der Waals surface area contributed by atoms with E-state index < -0.39 is 0 Å². The van der Waals surface area contributed by atoms with Gasteiger partial charge in [-0.15, -0.1) is 0 Å². The second-order valence-corrected chi connectivity index (χ2v) is 5.97. The van der Waals surface area contributed by atoms with Crippen LogP contribution in [-0.4, -0.2) is 47.4 Å². The van der Waals surface area contributed by atoms with E-state index in [-0.39, 0.29) is 5.78 Å². The van der Waals surface area contributed by atoms with Crippen LogP contribution < -0.4 is 4.90 Å². The van der Waals surface area contributed by atoms with Crippen molar-refractivity contribution < 1.29 is 4.79 Å². The summed E-state index contributed by atoms with van der Waals surface area (Å²) in [6.45, 7) is 7.63. The zero-order valence-corrected chi connectivity index (χ0v) is 12.4. The SMILES string of the molecule is CCC(=O)c1ccc(N2CC3CCCN3CC2C)cn1. The van der Waals surface area contributed by atoms with Crippen molar-refractivity contribution in [3.63, 3.8) is 0 Å². The number of rotatable bonds is 3. The lowest BCUT2D eigenvalue weighted by atomic mass is 10.1. The van der Waals surface area contributed by atoms with Crippen molar-refractivity contribution in [2.75, 3.05) is 24.5 Å². The first-order valence-electron chi connectivity index (χ1n) is 7.69. The van der Waals surface area contributed by atoms with E-state index in [0.29, 0.717) is 24.2 Å². The molecule has 0 aliphatic carbocycles. The lowest BCUT2D eigenvalue weighted by Crippen LogP contribution is -2.55. The molecule has 20 heavy (non-hydrogen) atoms. The molecule has 2 unspecified atom stereocenters. The third-order valence-corrected chi connectivity index (χ3v) is 4.62. The number of nitrogens with zero attached hydrogens (tertiary/aromatic N) is 3. The van der Waals surface area contributed by atoms with Gasteiger partial charge in [0, 0.05) is 31.6 Å². The Balaban J connectivity index is 1.76. The van der Waals surface area contributed by atoms with E-state index in [9.17, 15) is 4.79 Å². The van der Waals surface area contributed by atoms with Gasteiger partial charge in [0.25, 0.3) is 0 Å². The lowest BCUT2D eigenvalue weighted by Gasteiger charge is -2.43. The third kappa shape index (κ3) is 2.44. The van der Waals surface area contributed by atoms with Crippen LogP contribution in [0, 0.1) is 0 Å². The van der Waals surface area contributed by atoms with Crippen LogP contribution in [0.25, 0.3) is 0 Å². The van der Waals surface area contributed by atoms with E-state index in [2.05, 4.69) is 27.8 Å². The number of pyridine rings is 1. The molecule has 0 radical (unpaired) electrons. The molecule has 2 aliphatic rings. The number of hydrogen-bond acceptors (Lipinski definition) is 4. The van der Waals surface area contributed by atoms with Gasteiger partial charge < -0.3 is 4.90 Å². The average Bonchev–Trinajstić information content (AvgIpc) is 2.93. The number of Topliss-reactive ketones (excluding diaryl/α,β-unsaturated/α-hetero) is 1. The number of anilines is 1. The van der Waals surface area contributed by atoms with Crippen LogP contribution in [0.3, 0.4) is 0 Å². The molecular weight excluding hydrogens is 250 g/mol. The summed E-state index contributed by atoms with van der Waals surface area (Å²) < 4.78 is 0. The summed E-state index contributed by atoms with van der Waals surface area (Å²) in [6.07, 6.45) is 5.02. The maximum Gasteiger partial charge on any atom is 0.180 e. The molecule has 3 rings (SSSR count). The number of carbonyl (C=O) groups is 1. The number of carbonyl (C=O) groups excluding carboxylic acids is 1. The van der Waals surface area contributed by atoms with Crippen LogP contribution in [0.4, 0.5) is 5.69 Å². The van der Waals surface area contributed by atoms with Crippen LogP contribution in [0.5, 0.6) is 0 Å². The highest BCUT2D eigenvalue weighted by Crippen LogP contribution is 2.28. The van der Waals surface area contributed by atoms with Gasteiger partial charge in [-0.2, -0.15) is 0 Å². The van der Waals surface area contributed by atoms with Gasteiger partial charge in [0.2, 0.25) is 0 Å². The highest BCUT2D eigenvalue weighted by molar-refractivity contribution is 5.94. The number of hydrogen-bond donors (Lipinski definition) is 0. The molecule has 0 amide bonds. The summed E-state index contributed by atoms with van der Waals surface area (Å²) in [5.74, 6) is 0.116. The van der Waals surface area contributed by atoms with Gasteiger partial charge in [-0.05, 0) is 38.4 Å². The maximum absolute atomic E-state index is 11.6. The summed E-state index contributed by atoms with van der Waals surface area (Å²) in [5, 5.41) is 0. The quantitative estimate of drug-likeness (QED) is 0.792. The Morgan fingerprint density at radius 2 is 2.25 bits per heavy atom. The fourth-order valence-corrected chi connectivity index (χ4v) is 3.45. The minimum atomic E-state index is 0.116. The number of ketones is 1. The van der Waals surface area contributed by atoms with Crippen LogP contribution >= 0.6 is 0 Å². The predicted octanol–water partition coefficient (Wildman–Crippen LogP) is 2.35. The first-order valence-corrected chi connectivity index (χ1v) is 7.69. The smallest absolute Gasteiger partial charge is 0.180 e. The summed E-state index contributed by atoms with van der Waals surface area (Å²) in [6, 6.07) is 5.13. The van der Waals surface area contributed by atoms with Crippen molar-refractivity contribution in [1.82, 2.24) is 9.88 Å². The highest BCUT2D eigenvalue weighted by atomic mass is 16.1. The van der Waals surface area contributed by atoms with E-state index in [1.165, 1.54) is 19.4 Å². The molecule has 108 valence electrons. The van der Waals surface area contributed by atoms with Gasteiger partial charge in [-0.1, -0.05) is 6.92 Å². The molecule has 2 aliphatic heterocycles. The van der Waals surface area contributed by atoms with E-state index in [0.717, 1.165) is 18.8 Å². The first-order chi connectivity index (χ1) is 9.69. The number of piperazine rings is 1. The van der Waals surface area contributed by atoms with E-state index in [1.54, 1.807) is 0 Å². The zero-order chi connectivity index (χ0) is 14.1. The summed E-state index contributed by atoms with van der Waals surface area (Å²) in [4.78, 5) is 21.0. The predicted molar refractivity (Wildman–Crippen MR) is 80.3 cm³/mol. The largest absolute Gasteiger partial charge is 0.365 e. The van der Waals surface area contributed by atoms with Crippen LogP contribution in [0.1, 0.15) is 43.6 Å². The Morgan fingerprint density at radius 1 is 1.40 bits per heavy atom. The maximum atomic E-state index is 11.6. The number of aromatic nitrogens is 1. The van der Waals surface area contributed by atoms with E-state index in [1.807, 2.05) is 19.2 Å². The fraction of sp³-hybridized carbons (Fsp3) is 0.625. The molecular formula is C16H23N3O. The van der Waals surface area contributed by atoms with Crippen LogP contribution in [0.15, 0.2) is 18.3 Å². The molecule has 4 nitrogen and oxygen atoms in total. The molecule has 2 fully saturated rings. The Kier molecular flexibility index (Phi) is 3.74. The second kappa shape index (κ2) is 5.52. The van der Waals surface area contributed by atoms with Crippen LogP contribution in [0.2, 0.25) is 0 Å². The van der Waals surface area contributed by atoms with Gasteiger partial charge >= 0.3 is 0 Å².